The third kappa shape index (κ3) is 3.76. The predicted octanol–water partition coefficient (Wildman–Crippen LogP) is 2.88. The van der Waals surface area contributed by atoms with E-state index in [-0.39, 0.29) is 24.2 Å². The summed E-state index contributed by atoms with van der Waals surface area (Å²) in [6.45, 7) is 1.84. The number of phenols is 1. The highest BCUT2D eigenvalue weighted by atomic mass is 16.7. The second-order valence-corrected chi connectivity index (χ2v) is 5.74. The van der Waals surface area contributed by atoms with Gasteiger partial charge in [0.25, 0.3) is 0 Å². The Kier molecular flexibility index (Phi) is 4.92. The highest BCUT2D eigenvalue weighted by Gasteiger charge is 2.22. The summed E-state index contributed by atoms with van der Waals surface area (Å²) >= 11 is 0. The van der Waals surface area contributed by atoms with Crippen molar-refractivity contribution in [2.75, 3.05) is 13.9 Å². The van der Waals surface area contributed by atoms with Crippen molar-refractivity contribution in [3.63, 3.8) is 0 Å². The first kappa shape index (κ1) is 16.9. The van der Waals surface area contributed by atoms with Crippen LogP contribution in [0, 0.1) is 11.8 Å². The molecule has 0 aliphatic carbocycles. The molecular weight excluding hydrogens is 320 g/mol. The average Bonchev–Trinajstić information content (AvgIpc) is 2.58. The lowest BCUT2D eigenvalue weighted by Gasteiger charge is -2.17. The lowest BCUT2D eigenvalue weighted by atomic mass is 9.99. The van der Waals surface area contributed by atoms with Crippen molar-refractivity contribution < 1.29 is 24.1 Å². The molecule has 1 N–H and O–H groups in total. The van der Waals surface area contributed by atoms with Crippen LogP contribution in [0.15, 0.2) is 36.4 Å². The predicted molar refractivity (Wildman–Crippen MR) is 91.6 cm³/mol. The van der Waals surface area contributed by atoms with Gasteiger partial charge in [-0.3, -0.25) is 0 Å². The van der Waals surface area contributed by atoms with Crippen molar-refractivity contribution in [2.24, 2.45) is 0 Å². The minimum Gasteiger partial charge on any atom is -0.507 e. The van der Waals surface area contributed by atoms with Crippen LogP contribution in [0.25, 0.3) is 0 Å². The summed E-state index contributed by atoms with van der Waals surface area (Å²) in [4.78, 5) is 12.5. The standard InChI is InChI=1S/C20H18O5/c1-13-9-15-6-4-3-5-14(15)7-8-16-10-17(24-12-23-2)11-18(21)19(16)20(22)25-13/h3-6,10-11,13,21H,9,12H2,1-2H3. The third-order valence-corrected chi connectivity index (χ3v) is 3.80. The van der Waals surface area contributed by atoms with Gasteiger partial charge in [-0.25, -0.2) is 4.79 Å². The summed E-state index contributed by atoms with van der Waals surface area (Å²) in [5.74, 6) is 5.57. The first-order valence-electron chi connectivity index (χ1n) is 7.88. The molecule has 128 valence electrons. The number of aromatic hydroxyl groups is 1. The van der Waals surface area contributed by atoms with Gasteiger partial charge in [0.1, 0.15) is 23.2 Å². The fourth-order valence-corrected chi connectivity index (χ4v) is 2.67. The molecular formula is C20H18O5. The second kappa shape index (κ2) is 7.29. The SMILES string of the molecule is COCOc1cc(O)c2c(c1)C#Cc1ccccc1CC(C)OC2=O. The van der Waals surface area contributed by atoms with Gasteiger partial charge in [-0.05, 0) is 24.6 Å². The summed E-state index contributed by atoms with van der Waals surface area (Å²) in [6, 6.07) is 10.7. The first-order chi connectivity index (χ1) is 12.1. The van der Waals surface area contributed by atoms with Crippen LogP contribution in [0.4, 0.5) is 0 Å². The molecule has 0 amide bonds. The molecule has 2 aromatic carbocycles. The zero-order valence-electron chi connectivity index (χ0n) is 14.0. The lowest BCUT2D eigenvalue weighted by molar-refractivity contribution is 0.0338. The number of carbonyl (C=O) groups is 1. The highest BCUT2D eigenvalue weighted by Crippen LogP contribution is 2.29. The van der Waals surface area contributed by atoms with E-state index in [1.165, 1.54) is 13.2 Å². The third-order valence-electron chi connectivity index (χ3n) is 3.80. The van der Waals surface area contributed by atoms with Crippen LogP contribution in [-0.2, 0) is 15.9 Å². The summed E-state index contributed by atoms with van der Waals surface area (Å²) in [6.07, 6.45) is 0.215. The molecule has 5 nitrogen and oxygen atoms in total. The van der Waals surface area contributed by atoms with Crippen LogP contribution in [0.5, 0.6) is 11.5 Å². The smallest absolute Gasteiger partial charge is 0.343 e. The van der Waals surface area contributed by atoms with Gasteiger partial charge in [-0.15, -0.1) is 0 Å². The van der Waals surface area contributed by atoms with Crippen molar-refractivity contribution in [1.29, 1.82) is 0 Å². The van der Waals surface area contributed by atoms with Crippen molar-refractivity contribution >= 4 is 5.97 Å². The van der Waals surface area contributed by atoms with Crippen molar-refractivity contribution in [3.8, 4) is 23.3 Å². The van der Waals surface area contributed by atoms with Gasteiger partial charge < -0.3 is 19.3 Å². The molecule has 25 heavy (non-hydrogen) atoms. The maximum absolute atomic E-state index is 12.5. The van der Waals surface area contributed by atoms with E-state index in [0.717, 1.165) is 11.1 Å². The maximum atomic E-state index is 12.5. The van der Waals surface area contributed by atoms with Gasteiger partial charge in [-0.1, -0.05) is 30.0 Å². The quantitative estimate of drug-likeness (QED) is 0.530. The number of ether oxygens (including phenoxy) is 3. The number of benzene rings is 2. The number of methoxy groups -OCH3 is 1. The fourth-order valence-electron chi connectivity index (χ4n) is 2.67. The van der Waals surface area contributed by atoms with Gasteiger partial charge in [0, 0.05) is 30.7 Å². The van der Waals surface area contributed by atoms with Crippen LogP contribution in [0.3, 0.4) is 0 Å². The minimum absolute atomic E-state index is 0.0238. The molecule has 1 atom stereocenters. The molecule has 0 bridgehead atoms. The van der Waals surface area contributed by atoms with Gasteiger partial charge in [0.05, 0.1) is 0 Å². The zero-order valence-corrected chi connectivity index (χ0v) is 14.0. The van der Waals surface area contributed by atoms with Crippen LogP contribution in [0.1, 0.15) is 34.0 Å². The van der Waals surface area contributed by atoms with E-state index in [1.54, 1.807) is 6.07 Å². The molecule has 0 saturated carbocycles. The molecule has 0 spiro atoms. The normalized spacial score (nSPS) is 15.9. The average molecular weight is 338 g/mol. The number of fused-ring (bicyclic) bond motifs is 2. The Hall–Kier alpha value is -2.97. The van der Waals surface area contributed by atoms with Crippen molar-refractivity contribution in [2.45, 2.75) is 19.4 Å². The van der Waals surface area contributed by atoms with Crippen molar-refractivity contribution in [1.82, 2.24) is 0 Å². The fraction of sp³-hybridized carbons (Fsp3) is 0.250. The Morgan fingerprint density at radius 2 is 2.00 bits per heavy atom. The summed E-state index contributed by atoms with van der Waals surface area (Å²) in [5, 5.41) is 10.3. The maximum Gasteiger partial charge on any atom is 0.343 e. The molecule has 0 aromatic heterocycles. The number of carbonyl (C=O) groups excluding carboxylic acids is 1. The van der Waals surface area contributed by atoms with E-state index < -0.39 is 5.97 Å². The molecule has 1 aliphatic heterocycles. The number of rotatable bonds is 3. The van der Waals surface area contributed by atoms with E-state index in [9.17, 15) is 9.90 Å². The lowest BCUT2D eigenvalue weighted by Crippen LogP contribution is -2.19. The first-order valence-corrected chi connectivity index (χ1v) is 7.88. The van der Waals surface area contributed by atoms with Crippen LogP contribution in [-0.4, -0.2) is 31.1 Å². The molecule has 1 heterocycles. The number of cyclic esters (lactones) is 1. The monoisotopic (exact) mass is 338 g/mol. The van der Waals surface area contributed by atoms with Crippen LogP contribution in [0.2, 0.25) is 0 Å². The molecule has 1 aliphatic rings. The molecule has 0 saturated heterocycles. The Labute approximate surface area is 146 Å². The van der Waals surface area contributed by atoms with Crippen LogP contribution < -0.4 is 4.74 Å². The summed E-state index contributed by atoms with van der Waals surface area (Å²) in [7, 11) is 1.50. The van der Waals surface area contributed by atoms with Gasteiger partial charge in [0.2, 0.25) is 0 Å². The highest BCUT2D eigenvalue weighted by molar-refractivity contribution is 5.96. The van der Waals surface area contributed by atoms with E-state index in [4.69, 9.17) is 14.2 Å². The van der Waals surface area contributed by atoms with E-state index in [2.05, 4.69) is 11.8 Å². The molecule has 0 fully saturated rings. The summed E-state index contributed by atoms with van der Waals surface area (Å²) < 4.78 is 15.7. The minimum atomic E-state index is -0.605. The van der Waals surface area contributed by atoms with Gasteiger partial charge >= 0.3 is 5.97 Å². The molecule has 1 unspecified atom stereocenters. The van der Waals surface area contributed by atoms with E-state index in [0.29, 0.717) is 17.7 Å². The number of esters is 1. The van der Waals surface area contributed by atoms with E-state index >= 15 is 0 Å². The topological polar surface area (TPSA) is 65.0 Å². The zero-order chi connectivity index (χ0) is 17.8. The van der Waals surface area contributed by atoms with Gasteiger partial charge in [-0.2, -0.15) is 0 Å². The van der Waals surface area contributed by atoms with E-state index in [1.807, 2.05) is 31.2 Å². The Morgan fingerprint density at radius 3 is 2.80 bits per heavy atom. The number of hydrogen-bond acceptors (Lipinski definition) is 5. The second-order valence-electron chi connectivity index (χ2n) is 5.74. The largest absolute Gasteiger partial charge is 0.507 e. The molecule has 0 radical (unpaired) electrons. The number of phenolic OH excluding ortho intramolecular Hbond substituents is 1. The molecule has 2 aromatic rings. The molecule has 3 rings (SSSR count). The van der Waals surface area contributed by atoms with Crippen molar-refractivity contribution in [3.05, 3.63) is 58.7 Å². The number of hydrogen-bond donors (Lipinski definition) is 1. The molecule has 5 heteroatoms. The van der Waals surface area contributed by atoms with Crippen LogP contribution >= 0.6 is 0 Å². The Morgan fingerprint density at radius 1 is 1.24 bits per heavy atom. The Bertz CT molecular complexity index is 860. The van der Waals surface area contributed by atoms with Gasteiger partial charge in [0.15, 0.2) is 6.79 Å². The summed E-state index contributed by atoms with van der Waals surface area (Å²) in [5.41, 5.74) is 2.26. The Balaban J connectivity index is 2.14.